The molecule has 1 aromatic rings. The van der Waals surface area contributed by atoms with Gasteiger partial charge in [0.25, 0.3) is 0 Å². The number of nitrogens with one attached hydrogen (secondary N) is 1. The molecule has 17 heavy (non-hydrogen) atoms. The van der Waals surface area contributed by atoms with Gasteiger partial charge >= 0.3 is 0 Å². The lowest BCUT2D eigenvalue weighted by molar-refractivity contribution is 0.198. The summed E-state index contributed by atoms with van der Waals surface area (Å²) in [7, 11) is 1.73. The molecule has 0 aromatic carbocycles. The first-order chi connectivity index (χ1) is 8.27. The highest BCUT2D eigenvalue weighted by molar-refractivity contribution is 5.01. The van der Waals surface area contributed by atoms with Gasteiger partial charge in [0.1, 0.15) is 0 Å². The Labute approximate surface area is 104 Å². The molecule has 0 saturated carbocycles. The number of ether oxygens (including phenoxy) is 1. The van der Waals surface area contributed by atoms with Crippen LogP contribution in [0.1, 0.15) is 26.0 Å². The highest BCUT2D eigenvalue weighted by Crippen LogP contribution is 2.08. The first-order valence-electron chi connectivity index (χ1n) is 6.48. The quantitative estimate of drug-likeness (QED) is 0.667. The van der Waals surface area contributed by atoms with E-state index in [2.05, 4.69) is 35.0 Å². The van der Waals surface area contributed by atoms with Crippen LogP contribution in [0.2, 0.25) is 0 Å². The van der Waals surface area contributed by atoms with Gasteiger partial charge in [-0.15, -0.1) is 0 Å². The lowest BCUT2D eigenvalue weighted by atomic mass is 10.1. The van der Waals surface area contributed by atoms with Crippen molar-refractivity contribution in [2.75, 3.05) is 26.8 Å². The molecule has 1 unspecified atom stereocenters. The zero-order chi connectivity index (χ0) is 12.5. The summed E-state index contributed by atoms with van der Waals surface area (Å²) in [5.74, 6) is 0.624. The van der Waals surface area contributed by atoms with Crippen molar-refractivity contribution in [3.8, 4) is 0 Å². The number of aromatic nitrogens is 2. The van der Waals surface area contributed by atoms with E-state index in [0.29, 0.717) is 5.92 Å². The summed E-state index contributed by atoms with van der Waals surface area (Å²) in [4.78, 5) is 0. The molecule has 0 radical (unpaired) electrons. The minimum Gasteiger partial charge on any atom is -0.383 e. The molecular formula is C13H25N3O. The molecule has 1 heterocycles. The van der Waals surface area contributed by atoms with Gasteiger partial charge in [-0.1, -0.05) is 13.8 Å². The summed E-state index contributed by atoms with van der Waals surface area (Å²) in [6.45, 7) is 8.20. The summed E-state index contributed by atoms with van der Waals surface area (Å²) in [6.07, 6.45) is 4.12. The second-order valence-corrected chi connectivity index (χ2v) is 4.55. The van der Waals surface area contributed by atoms with Crippen LogP contribution in [0.3, 0.4) is 0 Å². The number of hydrogen-bond acceptors (Lipinski definition) is 3. The van der Waals surface area contributed by atoms with Gasteiger partial charge in [0.05, 0.1) is 6.61 Å². The minimum absolute atomic E-state index is 0.624. The van der Waals surface area contributed by atoms with Crippen molar-refractivity contribution in [2.45, 2.75) is 33.2 Å². The number of rotatable bonds is 9. The second kappa shape index (κ2) is 8.25. The molecule has 0 saturated heterocycles. The van der Waals surface area contributed by atoms with Gasteiger partial charge in [0.15, 0.2) is 0 Å². The van der Waals surface area contributed by atoms with E-state index in [1.165, 1.54) is 5.69 Å². The van der Waals surface area contributed by atoms with Crippen LogP contribution < -0.4 is 5.32 Å². The fourth-order valence-electron chi connectivity index (χ4n) is 1.90. The van der Waals surface area contributed by atoms with Crippen LogP contribution in [0.25, 0.3) is 0 Å². The second-order valence-electron chi connectivity index (χ2n) is 4.55. The average molecular weight is 239 g/mol. The van der Waals surface area contributed by atoms with Crippen LogP contribution in [-0.2, 0) is 17.7 Å². The van der Waals surface area contributed by atoms with Gasteiger partial charge in [0.2, 0.25) is 0 Å². The first-order valence-corrected chi connectivity index (χ1v) is 6.48. The fraction of sp³-hybridized carbons (Fsp3) is 0.769. The van der Waals surface area contributed by atoms with Crippen molar-refractivity contribution in [1.29, 1.82) is 0 Å². The molecule has 0 aliphatic carbocycles. The molecule has 0 fully saturated rings. The van der Waals surface area contributed by atoms with Crippen LogP contribution in [0.5, 0.6) is 0 Å². The Morgan fingerprint density at radius 3 is 3.06 bits per heavy atom. The topological polar surface area (TPSA) is 39.1 Å². The van der Waals surface area contributed by atoms with Gasteiger partial charge in [-0.05, 0) is 31.4 Å². The standard InChI is InChI=1S/C13H25N3O/c1-4-8-16-13(5-6-15-16)10-12(2)11-14-7-9-17-3/h5-6,12,14H,4,7-11H2,1-3H3. The molecule has 0 aliphatic heterocycles. The van der Waals surface area contributed by atoms with Crippen LogP contribution in [-0.4, -0.2) is 36.6 Å². The molecular weight excluding hydrogens is 214 g/mol. The van der Waals surface area contributed by atoms with Gasteiger partial charge in [-0.3, -0.25) is 4.68 Å². The van der Waals surface area contributed by atoms with Crippen molar-refractivity contribution < 1.29 is 4.74 Å². The van der Waals surface area contributed by atoms with E-state index in [-0.39, 0.29) is 0 Å². The van der Waals surface area contributed by atoms with Crippen molar-refractivity contribution in [3.63, 3.8) is 0 Å². The summed E-state index contributed by atoms with van der Waals surface area (Å²) in [5, 5.41) is 7.74. The van der Waals surface area contributed by atoms with Gasteiger partial charge in [0, 0.05) is 32.1 Å². The third-order valence-corrected chi connectivity index (χ3v) is 2.77. The molecule has 4 nitrogen and oxygen atoms in total. The Hall–Kier alpha value is -0.870. The first kappa shape index (κ1) is 14.2. The van der Waals surface area contributed by atoms with Crippen molar-refractivity contribution in [1.82, 2.24) is 15.1 Å². The largest absolute Gasteiger partial charge is 0.383 e. The Bertz CT molecular complexity index is 299. The zero-order valence-corrected chi connectivity index (χ0v) is 11.3. The molecule has 1 rings (SSSR count). The lowest BCUT2D eigenvalue weighted by Gasteiger charge is -2.13. The summed E-state index contributed by atoms with van der Waals surface area (Å²) < 4.78 is 7.12. The van der Waals surface area contributed by atoms with E-state index in [0.717, 1.165) is 39.1 Å². The number of hydrogen-bond donors (Lipinski definition) is 1. The number of methoxy groups -OCH3 is 1. The average Bonchev–Trinajstić information content (AvgIpc) is 2.73. The van der Waals surface area contributed by atoms with Gasteiger partial charge in [-0.25, -0.2) is 0 Å². The summed E-state index contributed by atoms with van der Waals surface area (Å²) in [5.41, 5.74) is 1.34. The third kappa shape index (κ3) is 5.33. The van der Waals surface area contributed by atoms with E-state index in [9.17, 15) is 0 Å². The molecule has 1 aromatic heterocycles. The van der Waals surface area contributed by atoms with E-state index >= 15 is 0 Å². The van der Waals surface area contributed by atoms with Gasteiger partial charge in [-0.2, -0.15) is 5.10 Å². The van der Waals surface area contributed by atoms with E-state index in [1.54, 1.807) is 7.11 Å². The molecule has 0 spiro atoms. The predicted molar refractivity (Wildman–Crippen MR) is 70.1 cm³/mol. The maximum absolute atomic E-state index is 5.00. The Morgan fingerprint density at radius 1 is 1.53 bits per heavy atom. The van der Waals surface area contributed by atoms with Crippen LogP contribution in [0, 0.1) is 5.92 Å². The highest BCUT2D eigenvalue weighted by atomic mass is 16.5. The lowest BCUT2D eigenvalue weighted by Crippen LogP contribution is -2.26. The number of aryl methyl sites for hydroxylation is 1. The summed E-state index contributed by atoms with van der Waals surface area (Å²) >= 11 is 0. The molecule has 0 amide bonds. The SMILES string of the molecule is CCCn1nccc1CC(C)CNCCOC. The Balaban J connectivity index is 2.29. The molecule has 1 N–H and O–H groups in total. The van der Waals surface area contributed by atoms with Gasteiger partial charge < -0.3 is 10.1 Å². The maximum Gasteiger partial charge on any atom is 0.0587 e. The minimum atomic E-state index is 0.624. The van der Waals surface area contributed by atoms with E-state index < -0.39 is 0 Å². The predicted octanol–water partition coefficient (Wildman–Crippen LogP) is 1.71. The summed E-state index contributed by atoms with van der Waals surface area (Å²) in [6, 6.07) is 2.13. The number of nitrogens with zero attached hydrogens (tertiary/aromatic N) is 2. The third-order valence-electron chi connectivity index (χ3n) is 2.77. The van der Waals surface area contributed by atoms with Crippen LogP contribution >= 0.6 is 0 Å². The van der Waals surface area contributed by atoms with Crippen molar-refractivity contribution in [2.24, 2.45) is 5.92 Å². The highest BCUT2D eigenvalue weighted by Gasteiger charge is 2.07. The zero-order valence-electron chi connectivity index (χ0n) is 11.3. The van der Waals surface area contributed by atoms with Crippen LogP contribution in [0.15, 0.2) is 12.3 Å². The van der Waals surface area contributed by atoms with E-state index in [4.69, 9.17) is 4.74 Å². The van der Waals surface area contributed by atoms with Crippen molar-refractivity contribution in [3.05, 3.63) is 18.0 Å². The van der Waals surface area contributed by atoms with Crippen LogP contribution in [0.4, 0.5) is 0 Å². The molecule has 1 atom stereocenters. The molecule has 0 aliphatic rings. The normalized spacial score (nSPS) is 12.9. The van der Waals surface area contributed by atoms with Crippen molar-refractivity contribution >= 4 is 0 Å². The fourth-order valence-corrected chi connectivity index (χ4v) is 1.90. The Kier molecular flexibility index (Phi) is 6.89. The molecule has 0 bridgehead atoms. The monoisotopic (exact) mass is 239 g/mol. The maximum atomic E-state index is 5.00. The smallest absolute Gasteiger partial charge is 0.0587 e. The van der Waals surface area contributed by atoms with E-state index in [1.807, 2.05) is 6.20 Å². The molecule has 4 heteroatoms. The Morgan fingerprint density at radius 2 is 2.35 bits per heavy atom. The molecule has 98 valence electrons.